The van der Waals surface area contributed by atoms with Crippen molar-refractivity contribution < 1.29 is 4.42 Å². The maximum atomic E-state index is 4.88. The molecule has 0 spiro atoms. The number of halogens is 1. The third-order valence-corrected chi connectivity index (χ3v) is 1.10. The summed E-state index contributed by atoms with van der Waals surface area (Å²) in [5.74, 6) is 0.847. The number of hydrogen-bond donors (Lipinski definition) is 0. The van der Waals surface area contributed by atoms with Crippen LogP contribution in [0.15, 0.2) is 22.8 Å². The molecule has 0 N–H and O–H groups in total. The lowest BCUT2D eigenvalue weighted by Gasteiger charge is -1.77. The molecule has 37 valence electrons. The molecule has 0 aromatic carbocycles. The SMILES string of the molecule is Br[CH]c1ccco1. The number of hydrogen-bond acceptors (Lipinski definition) is 1. The monoisotopic (exact) mass is 159 g/mol. The van der Waals surface area contributed by atoms with Gasteiger partial charge in [0.15, 0.2) is 0 Å². The summed E-state index contributed by atoms with van der Waals surface area (Å²) < 4.78 is 4.88. The Balaban J connectivity index is 2.76. The Hall–Kier alpha value is -0.240. The smallest absolute Gasteiger partial charge is 0.118 e. The Kier molecular flexibility index (Phi) is 1.52. The lowest BCUT2D eigenvalue weighted by molar-refractivity contribution is 0.547. The topological polar surface area (TPSA) is 13.1 Å². The quantitative estimate of drug-likeness (QED) is 0.613. The minimum atomic E-state index is 0.847. The maximum Gasteiger partial charge on any atom is 0.118 e. The van der Waals surface area contributed by atoms with Crippen LogP contribution in [0.3, 0.4) is 0 Å². The zero-order chi connectivity index (χ0) is 5.11. The van der Waals surface area contributed by atoms with E-state index in [1.807, 2.05) is 12.1 Å². The molecule has 0 unspecified atom stereocenters. The summed E-state index contributed by atoms with van der Waals surface area (Å²) in [5, 5.41) is 1.73. The first kappa shape index (κ1) is 4.91. The van der Waals surface area contributed by atoms with E-state index in [0.29, 0.717) is 0 Å². The predicted molar refractivity (Wildman–Crippen MR) is 31.0 cm³/mol. The molecule has 2 heteroatoms. The van der Waals surface area contributed by atoms with Gasteiger partial charge >= 0.3 is 0 Å². The molecule has 0 amide bonds. The minimum absolute atomic E-state index is 0.847. The van der Waals surface area contributed by atoms with E-state index in [2.05, 4.69) is 15.9 Å². The van der Waals surface area contributed by atoms with Gasteiger partial charge in [-0.2, -0.15) is 0 Å². The van der Waals surface area contributed by atoms with Gasteiger partial charge in [0.25, 0.3) is 0 Å². The molecule has 0 bridgehead atoms. The average molecular weight is 160 g/mol. The highest BCUT2D eigenvalue weighted by atomic mass is 79.9. The summed E-state index contributed by atoms with van der Waals surface area (Å²) in [6.07, 6.45) is 1.63. The summed E-state index contributed by atoms with van der Waals surface area (Å²) in [6, 6.07) is 3.71. The predicted octanol–water partition coefficient (Wildman–Crippen LogP) is 2.18. The van der Waals surface area contributed by atoms with E-state index in [4.69, 9.17) is 4.42 Å². The zero-order valence-corrected chi connectivity index (χ0v) is 5.18. The van der Waals surface area contributed by atoms with E-state index in [9.17, 15) is 0 Å². The molecule has 0 saturated carbocycles. The Morgan fingerprint density at radius 2 is 2.57 bits per heavy atom. The van der Waals surface area contributed by atoms with Crippen LogP contribution in [0, 0.1) is 5.33 Å². The van der Waals surface area contributed by atoms with E-state index in [1.165, 1.54) is 0 Å². The van der Waals surface area contributed by atoms with Gasteiger partial charge in [-0.3, -0.25) is 0 Å². The largest absolute Gasteiger partial charge is 0.468 e. The Labute approximate surface area is 50.5 Å². The van der Waals surface area contributed by atoms with Gasteiger partial charge < -0.3 is 4.42 Å². The van der Waals surface area contributed by atoms with Gasteiger partial charge in [0.2, 0.25) is 0 Å². The second-order valence-corrected chi connectivity index (χ2v) is 1.58. The average Bonchev–Trinajstić information content (AvgIpc) is 2.14. The van der Waals surface area contributed by atoms with Gasteiger partial charge in [-0.15, -0.1) is 0 Å². The molecule has 1 nitrogen and oxygen atoms in total. The van der Waals surface area contributed by atoms with Crippen molar-refractivity contribution in [2.45, 2.75) is 0 Å². The van der Waals surface area contributed by atoms with Crippen molar-refractivity contribution in [3.8, 4) is 0 Å². The molecule has 7 heavy (non-hydrogen) atoms. The molecule has 0 saturated heterocycles. The maximum absolute atomic E-state index is 4.88. The first-order valence-electron chi connectivity index (χ1n) is 1.90. The van der Waals surface area contributed by atoms with Crippen molar-refractivity contribution >= 4 is 15.9 Å². The Bertz CT molecular complexity index is 123. The molecule has 1 aromatic heterocycles. The van der Waals surface area contributed by atoms with E-state index in [1.54, 1.807) is 11.6 Å². The lowest BCUT2D eigenvalue weighted by Crippen LogP contribution is -1.57. The van der Waals surface area contributed by atoms with Crippen molar-refractivity contribution in [1.29, 1.82) is 0 Å². The third-order valence-electron chi connectivity index (χ3n) is 0.651. The van der Waals surface area contributed by atoms with Gasteiger partial charge in [0, 0.05) is 0 Å². The second-order valence-electron chi connectivity index (χ2n) is 1.12. The van der Waals surface area contributed by atoms with Crippen LogP contribution in [-0.4, -0.2) is 0 Å². The van der Waals surface area contributed by atoms with E-state index < -0.39 is 0 Å². The second kappa shape index (κ2) is 2.17. The van der Waals surface area contributed by atoms with E-state index >= 15 is 0 Å². The summed E-state index contributed by atoms with van der Waals surface area (Å²) in [6.45, 7) is 0. The van der Waals surface area contributed by atoms with Crippen molar-refractivity contribution in [3.63, 3.8) is 0 Å². The van der Waals surface area contributed by atoms with Gasteiger partial charge in [0.05, 0.1) is 11.6 Å². The number of rotatable bonds is 1. The summed E-state index contributed by atoms with van der Waals surface area (Å²) in [5.41, 5.74) is 0. The van der Waals surface area contributed by atoms with Gasteiger partial charge in [0.1, 0.15) is 5.76 Å². The molecule has 1 rings (SSSR count). The molecule has 0 aliphatic carbocycles. The number of furan rings is 1. The van der Waals surface area contributed by atoms with Crippen LogP contribution in [0.1, 0.15) is 5.76 Å². The fourth-order valence-corrected chi connectivity index (χ4v) is 0.614. The highest BCUT2D eigenvalue weighted by Crippen LogP contribution is 2.06. The fourth-order valence-electron chi connectivity index (χ4n) is 0.353. The van der Waals surface area contributed by atoms with Crippen LogP contribution in [-0.2, 0) is 0 Å². The molecule has 0 aliphatic heterocycles. The first-order chi connectivity index (χ1) is 3.43. The molecule has 0 aliphatic rings. The third kappa shape index (κ3) is 1.06. The van der Waals surface area contributed by atoms with Crippen LogP contribution in [0.4, 0.5) is 0 Å². The molecule has 0 atom stereocenters. The molecule has 0 fully saturated rings. The standard InChI is InChI=1S/C5H4BrO/c6-4-5-2-1-3-7-5/h1-4H. The molecule has 1 radical (unpaired) electrons. The first-order valence-corrected chi connectivity index (χ1v) is 2.82. The van der Waals surface area contributed by atoms with Crippen molar-refractivity contribution in [1.82, 2.24) is 0 Å². The minimum Gasteiger partial charge on any atom is -0.468 e. The molecule has 1 heterocycles. The van der Waals surface area contributed by atoms with E-state index in [0.717, 1.165) is 5.76 Å². The highest BCUT2D eigenvalue weighted by molar-refractivity contribution is 9.10. The van der Waals surface area contributed by atoms with Crippen LogP contribution in [0.2, 0.25) is 0 Å². The lowest BCUT2D eigenvalue weighted by atomic mass is 10.5. The van der Waals surface area contributed by atoms with Crippen molar-refractivity contribution in [2.75, 3.05) is 0 Å². The van der Waals surface area contributed by atoms with Crippen LogP contribution in [0.25, 0.3) is 0 Å². The van der Waals surface area contributed by atoms with Gasteiger partial charge in [-0.25, -0.2) is 0 Å². The molecular weight excluding hydrogens is 156 g/mol. The summed E-state index contributed by atoms with van der Waals surface area (Å²) >= 11 is 3.12. The van der Waals surface area contributed by atoms with Crippen molar-refractivity contribution in [2.24, 2.45) is 0 Å². The summed E-state index contributed by atoms with van der Waals surface area (Å²) in [7, 11) is 0. The van der Waals surface area contributed by atoms with Crippen LogP contribution in [0.5, 0.6) is 0 Å². The molecule has 1 aromatic rings. The fraction of sp³-hybridized carbons (Fsp3) is 0. The normalized spacial score (nSPS) is 9.29. The van der Waals surface area contributed by atoms with Crippen LogP contribution >= 0.6 is 15.9 Å². The Morgan fingerprint density at radius 3 is 2.86 bits per heavy atom. The zero-order valence-electron chi connectivity index (χ0n) is 3.60. The Morgan fingerprint density at radius 1 is 1.71 bits per heavy atom. The van der Waals surface area contributed by atoms with E-state index in [-0.39, 0.29) is 0 Å². The molecular formula is C5H4BrO. The van der Waals surface area contributed by atoms with Gasteiger partial charge in [-0.1, -0.05) is 15.9 Å². The van der Waals surface area contributed by atoms with Crippen molar-refractivity contribution in [3.05, 3.63) is 29.5 Å². The highest BCUT2D eigenvalue weighted by Gasteiger charge is 1.86. The van der Waals surface area contributed by atoms with Crippen LogP contribution < -0.4 is 0 Å². The summed E-state index contributed by atoms with van der Waals surface area (Å²) in [4.78, 5) is 0. The van der Waals surface area contributed by atoms with Gasteiger partial charge in [-0.05, 0) is 12.1 Å².